The number of carbonyl (C=O) groups excluding carboxylic acids is 1. The Hall–Kier alpha value is -3.82. The zero-order valence-corrected chi connectivity index (χ0v) is 20.2. The van der Waals surface area contributed by atoms with Crippen LogP contribution in [0.25, 0.3) is 5.82 Å². The summed E-state index contributed by atoms with van der Waals surface area (Å²) in [6.45, 7) is 5.77. The zero-order chi connectivity index (χ0) is 24.9. The van der Waals surface area contributed by atoms with Gasteiger partial charge in [-0.25, -0.2) is 19.5 Å². The maximum atomic E-state index is 14.8. The van der Waals surface area contributed by atoms with Crippen LogP contribution in [0.1, 0.15) is 46.9 Å². The minimum atomic E-state index is -0.505. The summed E-state index contributed by atoms with van der Waals surface area (Å²) in [5.41, 5.74) is 5.18. The van der Waals surface area contributed by atoms with Gasteiger partial charge in [0.2, 0.25) is 5.95 Å². The van der Waals surface area contributed by atoms with Gasteiger partial charge in [0.25, 0.3) is 5.91 Å². The van der Waals surface area contributed by atoms with Gasteiger partial charge in [0.05, 0.1) is 11.9 Å². The lowest BCUT2D eigenvalue weighted by Gasteiger charge is -2.13. The van der Waals surface area contributed by atoms with Crippen LogP contribution < -0.4 is 10.8 Å². The SMILES string of the molecule is Cc1cc(CONC(=O)c2ccccc2)c(F)cc1Nc1ncc(Cl)c(-n2ccc(C(C)C)n2)n1. The van der Waals surface area contributed by atoms with E-state index in [2.05, 4.69) is 25.9 Å². The van der Waals surface area contributed by atoms with Crippen LogP contribution in [-0.4, -0.2) is 25.7 Å². The number of carbonyl (C=O) groups is 1. The first-order valence-corrected chi connectivity index (χ1v) is 11.3. The molecular weight excluding hydrogens is 471 g/mol. The minimum Gasteiger partial charge on any atom is -0.324 e. The Morgan fingerprint density at radius 3 is 2.69 bits per heavy atom. The van der Waals surface area contributed by atoms with Crippen LogP contribution in [0.3, 0.4) is 0 Å². The van der Waals surface area contributed by atoms with E-state index in [0.717, 1.165) is 11.3 Å². The van der Waals surface area contributed by atoms with Crippen molar-refractivity contribution in [3.63, 3.8) is 0 Å². The molecule has 0 aliphatic heterocycles. The summed E-state index contributed by atoms with van der Waals surface area (Å²) in [7, 11) is 0. The maximum absolute atomic E-state index is 14.8. The Morgan fingerprint density at radius 1 is 1.20 bits per heavy atom. The number of rotatable bonds is 8. The average molecular weight is 495 g/mol. The number of hydroxylamine groups is 1. The fourth-order valence-electron chi connectivity index (χ4n) is 3.28. The van der Waals surface area contributed by atoms with Crippen LogP contribution in [0.5, 0.6) is 0 Å². The van der Waals surface area contributed by atoms with E-state index in [9.17, 15) is 9.18 Å². The number of benzene rings is 2. The molecule has 0 bridgehead atoms. The van der Waals surface area contributed by atoms with Crippen LogP contribution in [0.4, 0.5) is 16.0 Å². The second kappa shape index (κ2) is 10.6. The topological polar surface area (TPSA) is 94.0 Å². The van der Waals surface area contributed by atoms with Gasteiger partial charge < -0.3 is 5.32 Å². The molecule has 4 rings (SSSR count). The molecule has 0 aliphatic carbocycles. The summed E-state index contributed by atoms with van der Waals surface area (Å²) < 4.78 is 16.3. The molecule has 10 heteroatoms. The molecule has 2 heterocycles. The molecule has 0 aliphatic rings. The van der Waals surface area contributed by atoms with Crippen LogP contribution in [0.15, 0.2) is 60.9 Å². The molecule has 2 aromatic heterocycles. The fourth-order valence-corrected chi connectivity index (χ4v) is 3.46. The number of nitrogens with zero attached hydrogens (tertiary/aromatic N) is 4. The molecule has 0 saturated carbocycles. The quantitative estimate of drug-likeness (QED) is 0.314. The second-order valence-electron chi connectivity index (χ2n) is 8.17. The third-order valence-corrected chi connectivity index (χ3v) is 5.48. The Kier molecular flexibility index (Phi) is 7.38. The van der Waals surface area contributed by atoms with Gasteiger partial charge in [0.1, 0.15) is 17.4 Å². The third-order valence-electron chi connectivity index (χ3n) is 5.21. The molecule has 8 nitrogen and oxygen atoms in total. The number of amides is 1. The van der Waals surface area contributed by atoms with Crippen LogP contribution in [-0.2, 0) is 11.4 Å². The molecule has 0 atom stereocenters. The molecule has 0 fully saturated rings. The first-order valence-electron chi connectivity index (χ1n) is 10.9. The number of hydrogen-bond acceptors (Lipinski definition) is 6. The number of hydrogen-bond donors (Lipinski definition) is 2. The summed E-state index contributed by atoms with van der Waals surface area (Å²) in [6.07, 6.45) is 3.25. The summed E-state index contributed by atoms with van der Waals surface area (Å²) in [4.78, 5) is 25.9. The van der Waals surface area contributed by atoms with Gasteiger partial charge >= 0.3 is 0 Å². The standard InChI is InChI=1S/C25H24ClFN6O2/c1-15(2)21-9-10-33(31-21)23-19(26)13-28-25(30-23)29-22-12-20(27)18(11-16(22)3)14-35-32-24(34)17-7-5-4-6-8-17/h4-13,15H,14H2,1-3H3,(H,32,34)(H,28,29,30). The molecule has 180 valence electrons. The monoisotopic (exact) mass is 494 g/mol. The Bertz CT molecular complexity index is 1340. The van der Waals surface area contributed by atoms with Gasteiger partial charge in [-0.1, -0.05) is 43.6 Å². The molecular formula is C25H24ClFN6O2. The summed E-state index contributed by atoms with van der Waals surface area (Å²) in [6, 6.07) is 13.5. The number of halogens is 2. The van der Waals surface area contributed by atoms with E-state index in [1.165, 1.54) is 12.3 Å². The molecule has 0 saturated heterocycles. The fraction of sp³-hybridized carbons (Fsp3) is 0.200. The van der Waals surface area contributed by atoms with Crippen LogP contribution >= 0.6 is 11.6 Å². The first-order chi connectivity index (χ1) is 16.8. The number of nitrogens with one attached hydrogen (secondary N) is 2. The normalized spacial score (nSPS) is 11.0. The van der Waals surface area contributed by atoms with Gasteiger partial charge in [-0.05, 0) is 48.7 Å². The highest BCUT2D eigenvalue weighted by molar-refractivity contribution is 6.32. The van der Waals surface area contributed by atoms with E-state index in [1.807, 2.05) is 26.8 Å². The number of aryl methyl sites for hydroxylation is 1. The minimum absolute atomic E-state index is 0.134. The van der Waals surface area contributed by atoms with E-state index in [4.69, 9.17) is 16.4 Å². The van der Waals surface area contributed by atoms with Gasteiger partial charge in [-0.15, -0.1) is 0 Å². The summed E-state index contributed by atoms with van der Waals surface area (Å²) >= 11 is 6.29. The van der Waals surface area contributed by atoms with E-state index >= 15 is 0 Å². The zero-order valence-electron chi connectivity index (χ0n) is 19.4. The predicted molar refractivity (Wildman–Crippen MR) is 131 cm³/mol. The largest absolute Gasteiger partial charge is 0.324 e. The predicted octanol–water partition coefficient (Wildman–Crippen LogP) is 5.49. The highest BCUT2D eigenvalue weighted by atomic mass is 35.5. The summed E-state index contributed by atoms with van der Waals surface area (Å²) in [5.74, 6) is -0.000435. The smallest absolute Gasteiger partial charge is 0.274 e. The third kappa shape index (κ3) is 5.82. The lowest BCUT2D eigenvalue weighted by molar-refractivity contribution is 0.0223. The van der Waals surface area contributed by atoms with E-state index < -0.39 is 11.7 Å². The van der Waals surface area contributed by atoms with E-state index in [0.29, 0.717) is 22.1 Å². The molecule has 0 radical (unpaired) electrons. The van der Waals surface area contributed by atoms with Crippen molar-refractivity contribution < 1.29 is 14.0 Å². The average Bonchev–Trinajstić information content (AvgIpc) is 3.34. The highest BCUT2D eigenvalue weighted by Gasteiger charge is 2.14. The molecule has 4 aromatic rings. The molecule has 0 unspecified atom stereocenters. The Morgan fingerprint density at radius 2 is 1.97 bits per heavy atom. The maximum Gasteiger partial charge on any atom is 0.274 e. The number of aromatic nitrogens is 4. The second-order valence-corrected chi connectivity index (χ2v) is 8.58. The molecule has 35 heavy (non-hydrogen) atoms. The molecule has 2 N–H and O–H groups in total. The Balaban J connectivity index is 1.45. The molecule has 1 amide bonds. The first kappa shape index (κ1) is 24.3. The lowest BCUT2D eigenvalue weighted by atomic mass is 10.1. The number of anilines is 2. The van der Waals surface area contributed by atoms with Crippen molar-refractivity contribution >= 4 is 29.1 Å². The van der Waals surface area contributed by atoms with Crippen molar-refractivity contribution in [1.29, 1.82) is 0 Å². The Labute approximate surface area is 207 Å². The van der Waals surface area contributed by atoms with Crippen molar-refractivity contribution in [2.45, 2.75) is 33.3 Å². The van der Waals surface area contributed by atoms with Crippen molar-refractivity contribution in [2.75, 3.05) is 5.32 Å². The van der Waals surface area contributed by atoms with E-state index in [1.54, 1.807) is 47.3 Å². The highest BCUT2D eigenvalue weighted by Crippen LogP contribution is 2.25. The molecule has 0 spiro atoms. The summed E-state index contributed by atoms with van der Waals surface area (Å²) in [5, 5.41) is 7.87. The lowest BCUT2D eigenvalue weighted by Crippen LogP contribution is -2.23. The van der Waals surface area contributed by atoms with Crippen LogP contribution in [0, 0.1) is 12.7 Å². The molecule has 2 aromatic carbocycles. The van der Waals surface area contributed by atoms with Gasteiger partial charge in [0.15, 0.2) is 5.82 Å². The van der Waals surface area contributed by atoms with Crippen molar-refractivity contribution in [3.8, 4) is 5.82 Å². The van der Waals surface area contributed by atoms with Crippen molar-refractivity contribution in [2.24, 2.45) is 0 Å². The van der Waals surface area contributed by atoms with Gasteiger partial charge in [-0.3, -0.25) is 9.63 Å². The van der Waals surface area contributed by atoms with Crippen molar-refractivity contribution in [3.05, 3.63) is 94.1 Å². The van der Waals surface area contributed by atoms with Crippen LogP contribution in [0.2, 0.25) is 5.02 Å². The van der Waals surface area contributed by atoms with E-state index in [-0.39, 0.29) is 24.0 Å². The van der Waals surface area contributed by atoms with Gasteiger partial charge in [0, 0.05) is 23.0 Å². The van der Waals surface area contributed by atoms with Gasteiger partial charge in [-0.2, -0.15) is 10.1 Å². The van der Waals surface area contributed by atoms with Crippen molar-refractivity contribution in [1.82, 2.24) is 25.2 Å².